The van der Waals surface area contributed by atoms with Crippen LogP contribution in [0.4, 0.5) is 0 Å². The van der Waals surface area contributed by atoms with Crippen molar-refractivity contribution in [2.45, 2.75) is 12.5 Å². The van der Waals surface area contributed by atoms with Gasteiger partial charge in [0.15, 0.2) is 0 Å². The minimum Gasteiger partial charge on any atom is -0.496 e. The van der Waals surface area contributed by atoms with E-state index >= 15 is 0 Å². The summed E-state index contributed by atoms with van der Waals surface area (Å²) in [5, 5.41) is 4.93. The topological polar surface area (TPSA) is 24.5 Å². The third-order valence-corrected chi connectivity index (χ3v) is 5.01. The minimum absolute atomic E-state index is 0.0206. The summed E-state index contributed by atoms with van der Waals surface area (Å²) in [6, 6.07) is 13.8. The summed E-state index contributed by atoms with van der Waals surface area (Å²) in [7, 11) is 1.69. The number of hydrogen-bond acceptors (Lipinski definition) is 3. The van der Waals surface area contributed by atoms with E-state index in [4.69, 9.17) is 27.9 Å². The lowest BCUT2D eigenvalue weighted by atomic mass is 9.95. The van der Waals surface area contributed by atoms with Crippen molar-refractivity contribution in [2.24, 2.45) is 0 Å². The smallest absolute Gasteiger partial charge is 0.124 e. The van der Waals surface area contributed by atoms with Gasteiger partial charge in [0, 0.05) is 35.2 Å². The van der Waals surface area contributed by atoms with E-state index in [2.05, 4.69) is 16.3 Å². The van der Waals surface area contributed by atoms with Gasteiger partial charge in [0.05, 0.1) is 13.2 Å². The van der Waals surface area contributed by atoms with Crippen LogP contribution in [0.3, 0.4) is 0 Å². The van der Waals surface area contributed by atoms with E-state index in [9.17, 15) is 0 Å². The molecule has 0 saturated carbocycles. The highest BCUT2D eigenvalue weighted by molar-refractivity contribution is 6.31. The van der Waals surface area contributed by atoms with Crippen molar-refractivity contribution in [1.82, 2.24) is 10.2 Å². The van der Waals surface area contributed by atoms with E-state index in [1.807, 2.05) is 36.4 Å². The maximum atomic E-state index is 6.55. The number of benzene rings is 2. The van der Waals surface area contributed by atoms with Crippen molar-refractivity contribution < 1.29 is 4.74 Å². The maximum Gasteiger partial charge on any atom is 0.124 e. The third kappa shape index (κ3) is 3.86. The number of methoxy groups -OCH3 is 1. The summed E-state index contributed by atoms with van der Waals surface area (Å²) in [6.07, 6.45) is 1.10. The second-order valence-electron chi connectivity index (χ2n) is 5.95. The van der Waals surface area contributed by atoms with Gasteiger partial charge in [-0.1, -0.05) is 41.4 Å². The Balaban J connectivity index is 2.11. The number of halogens is 2. The highest BCUT2D eigenvalue weighted by Crippen LogP contribution is 2.39. The van der Waals surface area contributed by atoms with Crippen LogP contribution < -0.4 is 10.1 Å². The molecular formula is C19H22Cl2N2O. The molecule has 2 aromatic carbocycles. The molecule has 0 aromatic heterocycles. The van der Waals surface area contributed by atoms with Crippen LogP contribution in [0.25, 0.3) is 0 Å². The first-order valence-electron chi connectivity index (χ1n) is 8.23. The van der Waals surface area contributed by atoms with Crippen molar-refractivity contribution in [3.05, 3.63) is 63.6 Å². The number of nitrogens with zero attached hydrogens (tertiary/aromatic N) is 1. The molecule has 1 fully saturated rings. The number of nitrogens with one attached hydrogen (secondary N) is 1. The lowest BCUT2D eigenvalue weighted by Gasteiger charge is -2.32. The average Bonchev–Trinajstić information content (AvgIpc) is 2.86. The molecule has 1 aliphatic rings. The molecule has 1 atom stereocenters. The zero-order chi connectivity index (χ0) is 16.9. The van der Waals surface area contributed by atoms with Crippen molar-refractivity contribution in [3.8, 4) is 5.75 Å². The first-order valence-corrected chi connectivity index (χ1v) is 8.99. The molecule has 1 heterocycles. The van der Waals surface area contributed by atoms with Gasteiger partial charge in [0.2, 0.25) is 0 Å². The molecule has 128 valence electrons. The van der Waals surface area contributed by atoms with Crippen molar-refractivity contribution in [3.63, 3.8) is 0 Å². The third-order valence-electron chi connectivity index (χ3n) is 4.43. The number of hydrogen-bond donors (Lipinski definition) is 1. The molecule has 0 bridgehead atoms. The Labute approximate surface area is 153 Å². The molecular weight excluding hydrogens is 343 g/mol. The van der Waals surface area contributed by atoms with E-state index in [-0.39, 0.29) is 6.04 Å². The fourth-order valence-corrected chi connectivity index (χ4v) is 3.72. The van der Waals surface area contributed by atoms with E-state index in [1.54, 1.807) is 7.11 Å². The second kappa shape index (κ2) is 8.21. The lowest BCUT2D eigenvalue weighted by Crippen LogP contribution is -2.33. The van der Waals surface area contributed by atoms with Crippen LogP contribution in [0.2, 0.25) is 10.0 Å². The largest absolute Gasteiger partial charge is 0.496 e. The summed E-state index contributed by atoms with van der Waals surface area (Å²) in [5.41, 5.74) is 2.14. The van der Waals surface area contributed by atoms with E-state index in [0.29, 0.717) is 5.02 Å². The van der Waals surface area contributed by atoms with E-state index in [0.717, 1.165) is 54.5 Å². The fraction of sp³-hybridized carbons (Fsp3) is 0.368. The van der Waals surface area contributed by atoms with Crippen LogP contribution in [0.5, 0.6) is 5.75 Å². The quantitative estimate of drug-likeness (QED) is 0.870. The first-order chi connectivity index (χ1) is 11.7. The molecule has 2 aromatic rings. The van der Waals surface area contributed by atoms with Crippen molar-refractivity contribution >= 4 is 23.2 Å². The SMILES string of the molecule is COc1ccc(Cl)cc1C(c1ccccc1Cl)N1CCCNCC1. The van der Waals surface area contributed by atoms with Crippen LogP contribution in [0, 0.1) is 0 Å². The first kappa shape index (κ1) is 17.6. The molecule has 0 spiro atoms. The summed E-state index contributed by atoms with van der Waals surface area (Å²) >= 11 is 12.8. The van der Waals surface area contributed by atoms with Gasteiger partial charge < -0.3 is 10.1 Å². The molecule has 5 heteroatoms. The molecule has 0 aliphatic carbocycles. The van der Waals surface area contributed by atoms with Crippen LogP contribution in [-0.4, -0.2) is 38.2 Å². The molecule has 1 saturated heterocycles. The number of rotatable bonds is 4. The molecule has 24 heavy (non-hydrogen) atoms. The van der Waals surface area contributed by atoms with Gasteiger partial charge in [0.25, 0.3) is 0 Å². The molecule has 3 rings (SSSR count). The molecule has 0 amide bonds. The zero-order valence-electron chi connectivity index (χ0n) is 13.8. The Morgan fingerprint density at radius 2 is 1.88 bits per heavy atom. The van der Waals surface area contributed by atoms with E-state index < -0.39 is 0 Å². The Hall–Kier alpha value is -1.26. The summed E-state index contributed by atoms with van der Waals surface area (Å²) in [6.45, 7) is 3.95. The molecule has 1 aliphatic heterocycles. The van der Waals surface area contributed by atoms with Crippen LogP contribution >= 0.6 is 23.2 Å². The molecule has 3 nitrogen and oxygen atoms in total. The fourth-order valence-electron chi connectivity index (χ4n) is 3.30. The van der Waals surface area contributed by atoms with Gasteiger partial charge in [-0.05, 0) is 42.8 Å². The zero-order valence-corrected chi connectivity index (χ0v) is 15.3. The number of ether oxygens (including phenoxy) is 1. The Morgan fingerprint density at radius 1 is 1.04 bits per heavy atom. The van der Waals surface area contributed by atoms with Crippen molar-refractivity contribution in [1.29, 1.82) is 0 Å². The van der Waals surface area contributed by atoms with Crippen molar-refractivity contribution in [2.75, 3.05) is 33.3 Å². The Kier molecular flexibility index (Phi) is 6.01. The van der Waals surface area contributed by atoms with E-state index in [1.165, 1.54) is 0 Å². The second-order valence-corrected chi connectivity index (χ2v) is 6.79. The Morgan fingerprint density at radius 3 is 2.67 bits per heavy atom. The van der Waals surface area contributed by atoms with Crippen LogP contribution in [-0.2, 0) is 0 Å². The van der Waals surface area contributed by atoms with Gasteiger partial charge in [-0.15, -0.1) is 0 Å². The minimum atomic E-state index is 0.0206. The van der Waals surface area contributed by atoms with Gasteiger partial charge in [-0.3, -0.25) is 4.90 Å². The summed E-state index contributed by atoms with van der Waals surface area (Å²) < 4.78 is 5.62. The standard InChI is InChI=1S/C19H22Cl2N2O/c1-24-18-8-7-14(20)13-16(18)19(15-5-2-3-6-17(15)21)23-11-4-9-22-10-12-23/h2-3,5-8,13,19,22H,4,9-12H2,1H3. The van der Waals surface area contributed by atoms with Gasteiger partial charge in [0.1, 0.15) is 5.75 Å². The lowest BCUT2D eigenvalue weighted by molar-refractivity contribution is 0.236. The predicted molar refractivity (Wildman–Crippen MR) is 100 cm³/mol. The highest BCUT2D eigenvalue weighted by Gasteiger charge is 2.27. The van der Waals surface area contributed by atoms with Gasteiger partial charge >= 0.3 is 0 Å². The summed E-state index contributed by atoms with van der Waals surface area (Å²) in [5.74, 6) is 0.835. The summed E-state index contributed by atoms with van der Waals surface area (Å²) in [4.78, 5) is 2.45. The monoisotopic (exact) mass is 364 g/mol. The maximum absolute atomic E-state index is 6.55. The van der Waals surface area contributed by atoms with Crippen LogP contribution in [0.15, 0.2) is 42.5 Å². The van der Waals surface area contributed by atoms with Crippen LogP contribution in [0.1, 0.15) is 23.6 Å². The van der Waals surface area contributed by atoms with Gasteiger partial charge in [-0.2, -0.15) is 0 Å². The molecule has 1 unspecified atom stereocenters. The van der Waals surface area contributed by atoms with Gasteiger partial charge in [-0.25, -0.2) is 0 Å². The normalized spacial score (nSPS) is 17.3. The molecule has 0 radical (unpaired) electrons. The Bertz CT molecular complexity index is 685. The average molecular weight is 365 g/mol. The predicted octanol–water partition coefficient (Wildman–Crippen LogP) is 4.39. The molecule has 1 N–H and O–H groups in total. The highest BCUT2D eigenvalue weighted by atomic mass is 35.5.